The summed E-state index contributed by atoms with van der Waals surface area (Å²) in [6, 6.07) is 2.68. The molecular weight excluding hydrogens is 342 g/mol. The number of nitrogens with zero attached hydrogens (tertiary/aromatic N) is 3. The Morgan fingerprint density at radius 3 is 2.96 bits per heavy atom. The Kier molecular flexibility index (Phi) is 7.52. The van der Waals surface area contributed by atoms with E-state index in [1.165, 1.54) is 19.4 Å². The molecule has 2 aliphatic heterocycles. The Labute approximate surface area is 162 Å². The van der Waals surface area contributed by atoms with Crippen LogP contribution in [0, 0.1) is 0 Å². The van der Waals surface area contributed by atoms with Crippen LogP contribution in [0.25, 0.3) is 0 Å². The molecule has 0 spiro atoms. The second-order valence-electron chi connectivity index (χ2n) is 7.55. The van der Waals surface area contributed by atoms with E-state index in [9.17, 15) is 0 Å². The van der Waals surface area contributed by atoms with Gasteiger partial charge >= 0.3 is 0 Å². The van der Waals surface area contributed by atoms with Crippen LogP contribution in [0.5, 0.6) is 0 Å². The normalized spacial score (nSPS) is 23.6. The fraction of sp³-hybridized carbons (Fsp3) is 0.800. The summed E-state index contributed by atoms with van der Waals surface area (Å²) >= 11 is 0. The van der Waals surface area contributed by atoms with E-state index in [1.807, 2.05) is 6.07 Å². The molecule has 0 radical (unpaired) electrons. The van der Waals surface area contributed by atoms with Crippen molar-refractivity contribution in [3.05, 3.63) is 17.5 Å². The molecule has 0 saturated carbocycles. The van der Waals surface area contributed by atoms with Crippen LogP contribution >= 0.6 is 0 Å². The maximum absolute atomic E-state index is 6.02. The highest BCUT2D eigenvalue weighted by molar-refractivity contribution is 5.79. The zero-order valence-corrected chi connectivity index (χ0v) is 17.0. The largest absolute Gasteiger partial charge is 0.373 e. The smallest absolute Gasteiger partial charge is 0.191 e. The van der Waals surface area contributed by atoms with Crippen molar-refractivity contribution in [3.63, 3.8) is 0 Å². The lowest BCUT2D eigenvalue weighted by Gasteiger charge is -2.35. The zero-order valence-electron chi connectivity index (χ0n) is 17.0. The minimum Gasteiger partial charge on any atom is -0.373 e. The summed E-state index contributed by atoms with van der Waals surface area (Å²) in [6.07, 6.45) is 4.95. The minimum atomic E-state index is 0.218. The highest BCUT2D eigenvalue weighted by Crippen LogP contribution is 2.23. The molecule has 3 rings (SSSR count). The summed E-state index contributed by atoms with van der Waals surface area (Å²) in [5.74, 6) is 2.07. The van der Waals surface area contributed by atoms with Gasteiger partial charge in [-0.05, 0) is 39.2 Å². The van der Waals surface area contributed by atoms with Gasteiger partial charge in [-0.3, -0.25) is 4.90 Å². The van der Waals surface area contributed by atoms with E-state index in [1.54, 1.807) is 0 Å². The topological polar surface area (TPSA) is 74.9 Å². The molecule has 2 aliphatic rings. The first-order valence-electron chi connectivity index (χ1n) is 10.6. The number of nitrogens with one attached hydrogen (secondary N) is 2. The lowest BCUT2D eigenvalue weighted by Crippen LogP contribution is -2.51. The van der Waals surface area contributed by atoms with Gasteiger partial charge in [0, 0.05) is 37.7 Å². The molecule has 7 heteroatoms. The van der Waals surface area contributed by atoms with E-state index in [2.05, 4.69) is 46.5 Å². The monoisotopic (exact) mass is 377 g/mol. The van der Waals surface area contributed by atoms with Gasteiger partial charge in [-0.25, -0.2) is 4.99 Å². The van der Waals surface area contributed by atoms with Gasteiger partial charge in [0.05, 0.1) is 18.4 Å². The molecule has 1 aromatic heterocycles. The summed E-state index contributed by atoms with van der Waals surface area (Å²) in [4.78, 5) is 7.21. The van der Waals surface area contributed by atoms with Crippen molar-refractivity contribution in [3.8, 4) is 0 Å². The maximum atomic E-state index is 6.02. The molecule has 2 N–H and O–H groups in total. The van der Waals surface area contributed by atoms with Crippen LogP contribution < -0.4 is 10.6 Å². The summed E-state index contributed by atoms with van der Waals surface area (Å²) < 4.78 is 11.5. The van der Waals surface area contributed by atoms with Crippen molar-refractivity contribution in [2.45, 2.75) is 71.1 Å². The average molecular weight is 378 g/mol. The standard InChI is InChI=1S/C20H35N5O2/c1-4-15(5-2)19-10-17(27-24-19)11-22-20(21-6-3)23-12-18-13-25-9-7-8-16(25)14-26-18/h10,15-16,18H,4-9,11-14H2,1-3H3,(H2,21,22,23). The van der Waals surface area contributed by atoms with Crippen molar-refractivity contribution < 1.29 is 9.26 Å². The fourth-order valence-corrected chi connectivity index (χ4v) is 4.02. The summed E-state index contributed by atoms with van der Waals surface area (Å²) in [5.41, 5.74) is 1.04. The molecule has 2 fully saturated rings. The van der Waals surface area contributed by atoms with Crippen molar-refractivity contribution in [2.75, 3.05) is 32.8 Å². The number of ether oxygens (including phenoxy) is 1. The van der Waals surface area contributed by atoms with E-state index < -0.39 is 0 Å². The average Bonchev–Trinajstić information content (AvgIpc) is 3.34. The summed E-state index contributed by atoms with van der Waals surface area (Å²) in [7, 11) is 0. The van der Waals surface area contributed by atoms with Crippen LogP contribution in [-0.4, -0.2) is 60.9 Å². The van der Waals surface area contributed by atoms with Crippen molar-refractivity contribution >= 4 is 5.96 Å². The van der Waals surface area contributed by atoms with Crippen LogP contribution in [0.2, 0.25) is 0 Å². The second kappa shape index (κ2) is 10.1. The van der Waals surface area contributed by atoms with Gasteiger partial charge in [0.15, 0.2) is 11.7 Å². The maximum Gasteiger partial charge on any atom is 0.191 e. The number of rotatable bonds is 8. The van der Waals surface area contributed by atoms with Gasteiger partial charge in [0.1, 0.15) is 6.54 Å². The van der Waals surface area contributed by atoms with Gasteiger partial charge in [0.2, 0.25) is 0 Å². The highest BCUT2D eigenvalue weighted by Gasteiger charge is 2.32. The Hall–Kier alpha value is -1.60. The Morgan fingerprint density at radius 2 is 2.19 bits per heavy atom. The highest BCUT2D eigenvalue weighted by atomic mass is 16.5. The fourth-order valence-electron chi connectivity index (χ4n) is 4.02. The molecule has 1 aromatic rings. The van der Waals surface area contributed by atoms with Crippen molar-refractivity contribution in [1.82, 2.24) is 20.7 Å². The molecular formula is C20H35N5O2. The molecule has 2 unspecified atom stereocenters. The molecule has 2 saturated heterocycles. The Bertz CT molecular complexity index is 599. The number of hydrogen-bond acceptors (Lipinski definition) is 5. The van der Waals surface area contributed by atoms with Crippen LogP contribution in [-0.2, 0) is 11.3 Å². The summed E-state index contributed by atoms with van der Waals surface area (Å²) in [5, 5.41) is 10.9. The van der Waals surface area contributed by atoms with E-state index >= 15 is 0 Å². The number of aromatic nitrogens is 1. The predicted molar refractivity (Wildman–Crippen MR) is 107 cm³/mol. The van der Waals surface area contributed by atoms with Crippen LogP contribution in [0.3, 0.4) is 0 Å². The first-order valence-corrected chi connectivity index (χ1v) is 10.6. The van der Waals surface area contributed by atoms with Crippen LogP contribution in [0.1, 0.15) is 63.8 Å². The van der Waals surface area contributed by atoms with E-state index in [0.29, 0.717) is 18.5 Å². The molecule has 3 heterocycles. The molecule has 27 heavy (non-hydrogen) atoms. The molecule has 0 aliphatic carbocycles. The van der Waals surface area contributed by atoms with Crippen LogP contribution in [0.4, 0.5) is 0 Å². The minimum absolute atomic E-state index is 0.218. The number of hydrogen-bond donors (Lipinski definition) is 2. The third kappa shape index (κ3) is 5.45. The first-order chi connectivity index (χ1) is 13.2. The van der Waals surface area contributed by atoms with E-state index in [4.69, 9.17) is 9.26 Å². The quantitative estimate of drug-likeness (QED) is 0.536. The zero-order chi connectivity index (χ0) is 19.1. The number of morpholine rings is 1. The lowest BCUT2D eigenvalue weighted by molar-refractivity contribution is -0.0453. The van der Waals surface area contributed by atoms with Crippen molar-refractivity contribution in [2.24, 2.45) is 4.99 Å². The van der Waals surface area contributed by atoms with Crippen molar-refractivity contribution in [1.29, 1.82) is 0 Å². The molecule has 7 nitrogen and oxygen atoms in total. The Morgan fingerprint density at radius 1 is 1.33 bits per heavy atom. The third-order valence-electron chi connectivity index (χ3n) is 5.68. The number of guanidine groups is 1. The van der Waals surface area contributed by atoms with Gasteiger partial charge in [-0.1, -0.05) is 19.0 Å². The van der Waals surface area contributed by atoms with E-state index in [0.717, 1.165) is 56.5 Å². The first kappa shape index (κ1) is 20.1. The molecule has 2 atom stereocenters. The van der Waals surface area contributed by atoms with Gasteiger partial charge in [0.25, 0.3) is 0 Å². The van der Waals surface area contributed by atoms with Gasteiger partial charge < -0.3 is 19.9 Å². The number of fused-ring (bicyclic) bond motifs is 1. The molecule has 152 valence electrons. The molecule has 0 amide bonds. The number of aliphatic imine (C=N–C) groups is 1. The Balaban J connectivity index is 1.50. The predicted octanol–water partition coefficient (Wildman–Crippen LogP) is 2.50. The van der Waals surface area contributed by atoms with Gasteiger partial charge in [-0.15, -0.1) is 0 Å². The molecule has 0 bridgehead atoms. The molecule has 0 aromatic carbocycles. The third-order valence-corrected chi connectivity index (χ3v) is 5.68. The SMILES string of the molecule is CCNC(=NCc1cc(C(CC)CC)no1)NCC1CN2CCCC2CO1. The summed E-state index contributed by atoms with van der Waals surface area (Å²) in [6.45, 7) is 11.6. The van der Waals surface area contributed by atoms with E-state index in [-0.39, 0.29) is 6.10 Å². The second-order valence-corrected chi connectivity index (χ2v) is 7.55. The van der Waals surface area contributed by atoms with Gasteiger partial charge in [-0.2, -0.15) is 0 Å². The lowest BCUT2D eigenvalue weighted by atomic mass is 9.99. The van der Waals surface area contributed by atoms with Crippen LogP contribution in [0.15, 0.2) is 15.6 Å².